The van der Waals surface area contributed by atoms with Gasteiger partial charge in [-0.1, -0.05) is 19.1 Å². The van der Waals surface area contributed by atoms with Gasteiger partial charge < -0.3 is 10.2 Å². The average Bonchev–Trinajstić information content (AvgIpc) is 2.05. The standard InChI is InChI=1S/C9H18O2/c1-3-4-5-9(7-11)8(2)6-10/h3-4,8-11H,5-7H2,1-2H3/b4-3-. The Hall–Kier alpha value is -0.340. The summed E-state index contributed by atoms with van der Waals surface area (Å²) in [5, 5.41) is 17.7. The second kappa shape index (κ2) is 6.38. The number of allylic oxidation sites excluding steroid dienone is 2. The fourth-order valence-electron chi connectivity index (χ4n) is 0.947. The molecule has 0 aliphatic heterocycles. The van der Waals surface area contributed by atoms with E-state index in [0.29, 0.717) is 0 Å². The molecule has 0 rings (SSSR count). The summed E-state index contributed by atoms with van der Waals surface area (Å²) in [6.07, 6.45) is 4.84. The summed E-state index contributed by atoms with van der Waals surface area (Å²) in [6.45, 7) is 4.22. The van der Waals surface area contributed by atoms with E-state index in [0.717, 1.165) is 6.42 Å². The Labute approximate surface area is 68.6 Å². The Morgan fingerprint density at radius 1 is 1.27 bits per heavy atom. The molecule has 0 fully saturated rings. The van der Waals surface area contributed by atoms with Crippen LogP contribution in [0.5, 0.6) is 0 Å². The first kappa shape index (κ1) is 10.7. The number of rotatable bonds is 5. The molecule has 0 aromatic carbocycles. The second-order valence-corrected chi connectivity index (χ2v) is 2.91. The summed E-state index contributed by atoms with van der Waals surface area (Å²) < 4.78 is 0. The largest absolute Gasteiger partial charge is 0.396 e. The summed E-state index contributed by atoms with van der Waals surface area (Å²) in [5.74, 6) is 0.396. The molecule has 0 saturated carbocycles. The van der Waals surface area contributed by atoms with Crippen LogP contribution in [-0.4, -0.2) is 23.4 Å². The summed E-state index contributed by atoms with van der Waals surface area (Å²) >= 11 is 0. The van der Waals surface area contributed by atoms with Crippen molar-refractivity contribution in [3.63, 3.8) is 0 Å². The first-order chi connectivity index (χ1) is 5.26. The van der Waals surface area contributed by atoms with Crippen LogP contribution in [0.15, 0.2) is 12.2 Å². The van der Waals surface area contributed by atoms with Gasteiger partial charge in [-0.15, -0.1) is 0 Å². The topological polar surface area (TPSA) is 40.5 Å². The smallest absolute Gasteiger partial charge is 0.0465 e. The first-order valence-electron chi connectivity index (χ1n) is 4.09. The summed E-state index contributed by atoms with van der Waals surface area (Å²) in [7, 11) is 0. The third kappa shape index (κ3) is 4.17. The van der Waals surface area contributed by atoms with E-state index in [1.807, 2.05) is 26.0 Å². The molecular formula is C9H18O2. The average molecular weight is 158 g/mol. The molecule has 0 aliphatic rings. The van der Waals surface area contributed by atoms with Gasteiger partial charge in [-0.2, -0.15) is 0 Å². The first-order valence-corrected chi connectivity index (χ1v) is 4.09. The van der Waals surface area contributed by atoms with Crippen molar-refractivity contribution in [2.75, 3.05) is 13.2 Å². The number of hydrogen-bond donors (Lipinski definition) is 2. The molecule has 2 nitrogen and oxygen atoms in total. The van der Waals surface area contributed by atoms with Crippen molar-refractivity contribution in [3.05, 3.63) is 12.2 Å². The molecule has 0 spiro atoms. The molecule has 2 heteroatoms. The van der Waals surface area contributed by atoms with Gasteiger partial charge >= 0.3 is 0 Å². The van der Waals surface area contributed by atoms with E-state index in [1.165, 1.54) is 0 Å². The zero-order valence-electron chi connectivity index (χ0n) is 7.33. The van der Waals surface area contributed by atoms with E-state index in [-0.39, 0.29) is 25.0 Å². The summed E-state index contributed by atoms with van der Waals surface area (Å²) in [5.41, 5.74) is 0. The lowest BCUT2D eigenvalue weighted by Gasteiger charge is -2.17. The maximum atomic E-state index is 8.91. The van der Waals surface area contributed by atoms with Crippen LogP contribution in [0.4, 0.5) is 0 Å². The third-order valence-corrected chi connectivity index (χ3v) is 2.00. The number of aliphatic hydroxyl groups is 2. The Morgan fingerprint density at radius 2 is 1.91 bits per heavy atom. The van der Waals surface area contributed by atoms with Crippen LogP contribution in [0.25, 0.3) is 0 Å². The third-order valence-electron chi connectivity index (χ3n) is 2.00. The molecule has 0 aromatic heterocycles. The fraction of sp³-hybridized carbons (Fsp3) is 0.778. The summed E-state index contributed by atoms with van der Waals surface area (Å²) in [6, 6.07) is 0. The Kier molecular flexibility index (Phi) is 6.18. The minimum atomic E-state index is 0.156. The van der Waals surface area contributed by atoms with Gasteiger partial charge in [-0.25, -0.2) is 0 Å². The van der Waals surface area contributed by atoms with Crippen molar-refractivity contribution in [2.45, 2.75) is 20.3 Å². The van der Waals surface area contributed by atoms with Gasteiger partial charge in [-0.05, 0) is 25.2 Å². The lowest BCUT2D eigenvalue weighted by molar-refractivity contribution is 0.132. The summed E-state index contributed by atoms with van der Waals surface area (Å²) in [4.78, 5) is 0. The highest BCUT2D eigenvalue weighted by Crippen LogP contribution is 2.14. The molecule has 0 radical (unpaired) electrons. The Morgan fingerprint density at radius 3 is 2.27 bits per heavy atom. The van der Waals surface area contributed by atoms with E-state index in [4.69, 9.17) is 10.2 Å². The highest BCUT2D eigenvalue weighted by molar-refractivity contribution is 4.81. The number of hydrogen-bond acceptors (Lipinski definition) is 2. The maximum Gasteiger partial charge on any atom is 0.0465 e. The molecule has 2 unspecified atom stereocenters. The van der Waals surface area contributed by atoms with Crippen LogP contribution in [-0.2, 0) is 0 Å². The van der Waals surface area contributed by atoms with Gasteiger partial charge in [0, 0.05) is 13.2 Å². The predicted octanol–water partition coefficient (Wildman–Crippen LogP) is 1.19. The van der Waals surface area contributed by atoms with E-state index in [1.54, 1.807) is 0 Å². The SMILES string of the molecule is C/C=C\CC(CO)C(C)CO. The quantitative estimate of drug-likeness (QED) is 0.590. The highest BCUT2D eigenvalue weighted by Gasteiger charge is 2.13. The van der Waals surface area contributed by atoms with Crippen molar-refractivity contribution in [1.82, 2.24) is 0 Å². The van der Waals surface area contributed by atoms with Crippen molar-refractivity contribution >= 4 is 0 Å². The van der Waals surface area contributed by atoms with E-state index >= 15 is 0 Å². The van der Waals surface area contributed by atoms with E-state index < -0.39 is 0 Å². The lowest BCUT2D eigenvalue weighted by Crippen LogP contribution is -2.18. The molecule has 0 aromatic rings. The van der Waals surface area contributed by atoms with Gasteiger partial charge in [0.15, 0.2) is 0 Å². The molecule has 0 amide bonds. The zero-order chi connectivity index (χ0) is 8.69. The minimum Gasteiger partial charge on any atom is -0.396 e. The van der Waals surface area contributed by atoms with Gasteiger partial charge in [0.05, 0.1) is 0 Å². The van der Waals surface area contributed by atoms with Crippen molar-refractivity contribution in [3.8, 4) is 0 Å². The Bertz CT molecular complexity index is 110. The van der Waals surface area contributed by atoms with Crippen molar-refractivity contribution < 1.29 is 10.2 Å². The normalized spacial score (nSPS) is 17.1. The van der Waals surface area contributed by atoms with Crippen LogP contribution < -0.4 is 0 Å². The van der Waals surface area contributed by atoms with Gasteiger partial charge in [0.1, 0.15) is 0 Å². The molecule has 0 bridgehead atoms. The Balaban J connectivity index is 3.74. The fourth-order valence-corrected chi connectivity index (χ4v) is 0.947. The molecule has 0 aliphatic carbocycles. The molecule has 2 N–H and O–H groups in total. The molecule has 0 saturated heterocycles. The number of aliphatic hydroxyl groups excluding tert-OH is 2. The van der Waals surface area contributed by atoms with Crippen LogP contribution in [0.1, 0.15) is 20.3 Å². The molecule has 11 heavy (non-hydrogen) atoms. The van der Waals surface area contributed by atoms with Gasteiger partial charge in [0.25, 0.3) is 0 Å². The molecule has 2 atom stereocenters. The zero-order valence-corrected chi connectivity index (χ0v) is 7.33. The second-order valence-electron chi connectivity index (χ2n) is 2.91. The highest BCUT2D eigenvalue weighted by atomic mass is 16.3. The lowest BCUT2D eigenvalue weighted by atomic mass is 9.92. The van der Waals surface area contributed by atoms with Crippen LogP contribution in [0.3, 0.4) is 0 Å². The predicted molar refractivity (Wildman–Crippen MR) is 46.3 cm³/mol. The van der Waals surface area contributed by atoms with Gasteiger partial charge in [-0.3, -0.25) is 0 Å². The van der Waals surface area contributed by atoms with Crippen LogP contribution >= 0.6 is 0 Å². The van der Waals surface area contributed by atoms with E-state index in [9.17, 15) is 0 Å². The monoisotopic (exact) mass is 158 g/mol. The van der Waals surface area contributed by atoms with Crippen LogP contribution in [0, 0.1) is 11.8 Å². The van der Waals surface area contributed by atoms with Crippen molar-refractivity contribution in [1.29, 1.82) is 0 Å². The maximum absolute atomic E-state index is 8.91. The van der Waals surface area contributed by atoms with Crippen molar-refractivity contribution in [2.24, 2.45) is 11.8 Å². The minimum absolute atomic E-state index is 0.156. The molecule has 0 heterocycles. The molecular weight excluding hydrogens is 140 g/mol. The van der Waals surface area contributed by atoms with Gasteiger partial charge in [0.2, 0.25) is 0 Å². The van der Waals surface area contributed by atoms with E-state index in [2.05, 4.69) is 0 Å². The molecule has 66 valence electrons. The van der Waals surface area contributed by atoms with Crippen LogP contribution in [0.2, 0.25) is 0 Å².